The van der Waals surface area contributed by atoms with Crippen molar-refractivity contribution in [2.24, 2.45) is 5.92 Å². The van der Waals surface area contributed by atoms with E-state index in [1.54, 1.807) is 11.5 Å². The Labute approximate surface area is 101 Å². The van der Waals surface area contributed by atoms with Gasteiger partial charge in [0.1, 0.15) is 5.82 Å². The number of hydrogen-bond donors (Lipinski definition) is 0. The summed E-state index contributed by atoms with van der Waals surface area (Å²) in [5, 5.41) is 1.17. The normalized spacial score (nSPS) is 29.4. The fourth-order valence-corrected chi connectivity index (χ4v) is 3.98. The van der Waals surface area contributed by atoms with Crippen LogP contribution < -0.4 is 4.90 Å². The summed E-state index contributed by atoms with van der Waals surface area (Å²) in [6.07, 6.45) is 7.96. The number of aryl methyl sites for hydroxylation is 1. The van der Waals surface area contributed by atoms with Crippen molar-refractivity contribution in [2.45, 2.75) is 51.5 Å². The van der Waals surface area contributed by atoms with Gasteiger partial charge in [0.2, 0.25) is 5.13 Å². The van der Waals surface area contributed by atoms with Gasteiger partial charge in [-0.15, -0.1) is 0 Å². The van der Waals surface area contributed by atoms with E-state index in [4.69, 9.17) is 0 Å². The van der Waals surface area contributed by atoms with Crippen LogP contribution in [0.5, 0.6) is 0 Å². The molecule has 1 aliphatic heterocycles. The van der Waals surface area contributed by atoms with Crippen molar-refractivity contribution < 1.29 is 0 Å². The third kappa shape index (κ3) is 1.73. The molecule has 1 saturated heterocycles. The van der Waals surface area contributed by atoms with Crippen LogP contribution >= 0.6 is 11.5 Å². The SMILES string of the molecule is CCc1nsc(N2CCC3CCCCC32)n1. The van der Waals surface area contributed by atoms with Crippen LogP contribution in [0.25, 0.3) is 0 Å². The summed E-state index contributed by atoms with van der Waals surface area (Å²) in [4.78, 5) is 7.16. The molecule has 1 aromatic rings. The van der Waals surface area contributed by atoms with Crippen molar-refractivity contribution in [3.8, 4) is 0 Å². The van der Waals surface area contributed by atoms with Gasteiger partial charge in [-0.05, 0) is 25.2 Å². The van der Waals surface area contributed by atoms with E-state index < -0.39 is 0 Å². The highest BCUT2D eigenvalue weighted by Gasteiger charge is 2.36. The van der Waals surface area contributed by atoms with Crippen LogP contribution in [-0.4, -0.2) is 21.9 Å². The maximum absolute atomic E-state index is 4.64. The Balaban J connectivity index is 1.79. The third-order valence-electron chi connectivity index (χ3n) is 4.03. The molecule has 2 atom stereocenters. The molecule has 2 heterocycles. The zero-order valence-corrected chi connectivity index (χ0v) is 10.7. The lowest BCUT2D eigenvalue weighted by atomic mass is 9.85. The van der Waals surface area contributed by atoms with Crippen molar-refractivity contribution in [3.63, 3.8) is 0 Å². The lowest BCUT2D eigenvalue weighted by Gasteiger charge is -2.31. The van der Waals surface area contributed by atoms with Crippen LogP contribution in [0.1, 0.15) is 44.9 Å². The summed E-state index contributed by atoms with van der Waals surface area (Å²) >= 11 is 1.59. The largest absolute Gasteiger partial charge is 0.344 e. The molecule has 3 rings (SSSR count). The molecule has 0 N–H and O–H groups in total. The molecular weight excluding hydrogens is 218 g/mol. The molecule has 0 aromatic carbocycles. The molecule has 2 aliphatic rings. The summed E-state index contributed by atoms with van der Waals surface area (Å²) < 4.78 is 4.41. The predicted octanol–water partition coefficient (Wildman–Crippen LogP) is 2.87. The standard InChI is InChI=1S/C12H19N3S/c1-2-11-13-12(16-14-11)15-8-7-9-5-3-4-6-10(9)15/h9-10H,2-8H2,1H3. The van der Waals surface area contributed by atoms with Crippen molar-refractivity contribution in [3.05, 3.63) is 5.82 Å². The number of aromatic nitrogens is 2. The first-order valence-electron chi connectivity index (χ1n) is 6.47. The molecule has 1 aromatic heterocycles. The average Bonchev–Trinajstić information content (AvgIpc) is 2.94. The summed E-state index contributed by atoms with van der Waals surface area (Å²) in [6.45, 7) is 3.33. The maximum Gasteiger partial charge on any atom is 0.205 e. The Morgan fingerprint density at radius 2 is 2.19 bits per heavy atom. The minimum absolute atomic E-state index is 0.770. The lowest BCUT2D eigenvalue weighted by molar-refractivity contribution is 0.342. The van der Waals surface area contributed by atoms with E-state index in [0.29, 0.717) is 0 Å². The molecule has 88 valence electrons. The van der Waals surface area contributed by atoms with Crippen LogP contribution in [-0.2, 0) is 6.42 Å². The smallest absolute Gasteiger partial charge is 0.205 e. The van der Waals surface area contributed by atoms with Gasteiger partial charge in [0.25, 0.3) is 0 Å². The molecule has 2 unspecified atom stereocenters. The first kappa shape index (κ1) is 10.5. The second-order valence-electron chi connectivity index (χ2n) is 4.94. The van der Waals surface area contributed by atoms with Crippen LogP contribution in [0.4, 0.5) is 5.13 Å². The lowest BCUT2D eigenvalue weighted by Crippen LogP contribution is -2.34. The Bertz CT molecular complexity index is 363. The molecule has 0 radical (unpaired) electrons. The van der Waals surface area contributed by atoms with Gasteiger partial charge >= 0.3 is 0 Å². The van der Waals surface area contributed by atoms with Gasteiger partial charge in [-0.25, -0.2) is 4.98 Å². The molecule has 0 spiro atoms. The first-order valence-corrected chi connectivity index (χ1v) is 7.25. The molecular formula is C12H19N3S. The third-order valence-corrected chi connectivity index (χ3v) is 4.82. The molecule has 1 saturated carbocycles. The van der Waals surface area contributed by atoms with E-state index >= 15 is 0 Å². The summed E-state index contributed by atoms with van der Waals surface area (Å²) in [6, 6.07) is 0.770. The van der Waals surface area contributed by atoms with Crippen molar-refractivity contribution in [1.82, 2.24) is 9.36 Å². The molecule has 2 fully saturated rings. The molecule has 0 bridgehead atoms. The van der Waals surface area contributed by atoms with Crippen LogP contribution in [0.2, 0.25) is 0 Å². The van der Waals surface area contributed by atoms with Gasteiger partial charge in [-0.2, -0.15) is 4.37 Å². The van der Waals surface area contributed by atoms with Crippen LogP contribution in [0, 0.1) is 5.92 Å². The summed E-state index contributed by atoms with van der Waals surface area (Å²) in [5.74, 6) is 1.95. The minimum Gasteiger partial charge on any atom is -0.344 e. The molecule has 0 amide bonds. The topological polar surface area (TPSA) is 29.0 Å². The number of nitrogens with zero attached hydrogens (tertiary/aromatic N) is 3. The monoisotopic (exact) mass is 237 g/mol. The zero-order chi connectivity index (χ0) is 11.0. The van der Waals surface area contributed by atoms with E-state index in [9.17, 15) is 0 Å². The van der Waals surface area contributed by atoms with Crippen molar-refractivity contribution in [2.75, 3.05) is 11.4 Å². The second-order valence-corrected chi connectivity index (χ2v) is 5.67. The van der Waals surface area contributed by atoms with Crippen LogP contribution in [0.15, 0.2) is 0 Å². The quantitative estimate of drug-likeness (QED) is 0.792. The Morgan fingerprint density at radius 1 is 1.31 bits per heavy atom. The van der Waals surface area contributed by atoms with E-state index in [1.807, 2.05) is 0 Å². The van der Waals surface area contributed by atoms with E-state index in [1.165, 1.54) is 43.8 Å². The highest BCUT2D eigenvalue weighted by molar-refractivity contribution is 7.09. The van der Waals surface area contributed by atoms with Gasteiger partial charge in [0, 0.05) is 30.5 Å². The number of hydrogen-bond acceptors (Lipinski definition) is 4. The average molecular weight is 237 g/mol. The molecule has 3 nitrogen and oxygen atoms in total. The number of anilines is 1. The summed E-state index contributed by atoms with van der Waals surface area (Å²) in [5.41, 5.74) is 0. The Morgan fingerprint density at radius 3 is 3.00 bits per heavy atom. The van der Waals surface area contributed by atoms with Gasteiger partial charge in [-0.3, -0.25) is 0 Å². The number of fused-ring (bicyclic) bond motifs is 1. The van der Waals surface area contributed by atoms with Gasteiger partial charge in [-0.1, -0.05) is 19.8 Å². The van der Waals surface area contributed by atoms with E-state index in [0.717, 1.165) is 24.2 Å². The molecule has 16 heavy (non-hydrogen) atoms. The Kier molecular flexibility index (Phi) is 2.84. The fraction of sp³-hybridized carbons (Fsp3) is 0.833. The van der Waals surface area contributed by atoms with Gasteiger partial charge in [0.15, 0.2) is 0 Å². The van der Waals surface area contributed by atoms with Crippen LogP contribution in [0.3, 0.4) is 0 Å². The number of rotatable bonds is 2. The van der Waals surface area contributed by atoms with Gasteiger partial charge in [0.05, 0.1) is 0 Å². The highest BCUT2D eigenvalue weighted by atomic mass is 32.1. The van der Waals surface area contributed by atoms with Gasteiger partial charge < -0.3 is 4.90 Å². The first-order chi connectivity index (χ1) is 7.88. The highest BCUT2D eigenvalue weighted by Crippen LogP contribution is 2.39. The zero-order valence-electron chi connectivity index (χ0n) is 9.85. The predicted molar refractivity (Wildman–Crippen MR) is 67.0 cm³/mol. The van der Waals surface area contributed by atoms with Crippen molar-refractivity contribution >= 4 is 16.7 Å². The maximum atomic E-state index is 4.64. The minimum atomic E-state index is 0.770. The summed E-state index contributed by atoms with van der Waals surface area (Å²) in [7, 11) is 0. The molecule has 1 aliphatic carbocycles. The molecule has 4 heteroatoms. The Hall–Kier alpha value is -0.640. The van der Waals surface area contributed by atoms with E-state index in [-0.39, 0.29) is 0 Å². The second kappa shape index (κ2) is 4.32. The van der Waals surface area contributed by atoms with Crippen molar-refractivity contribution in [1.29, 1.82) is 0 Å². The fourth-order valence-electron chi connectivity index (χ4n) is 3.15. The van der Waals surface area contributed by atoms with E-state index in [2.05, 4.69) is 21.2 Å².